The summed E-state index contributed by atoms with van der Waals surface area (Å²) in [6, 6.07) is -0.0103. The summed E-state index contributed by atoms with van der Waals surface area (Å²) < 4.78 is 11.6. The van der Waals surface area contributed by atoms with Gasteiger partial charge in [0.05, 0.1) is 12.2 Å². The zero-order valence-corrected chi connectivity index (χ0v) is 14.6. The molecule has 1 N–H and O–H groups in total. The maximum atomic E-state index is 12.9. The summed E-state index contributed by atoms with van der Waals surface area (Å²) in [4.78, 5) is 14.9. The molecule has 4 nitrogen and oxygen atoms in total. The van der Waals surface area contributed by atoms with Gasteiger partial charge in [0.25, 0.3) is 0 Å². The van der Waals surface area contributed by atoms with Crippen LogP contribution in [0.1, 0.15) is 52.9 Å². The minimum absolute atomic E-state index is 0.0514. The Balaban J connectivity index is 2.18. The van der Waals surface area contributed by atoms with E-state index in [4.69, 9.17) is 0 Å². The van der Waals surface area contributed by atoms with Crippen LogP contribution in [0.2, 0.25) is 0 Å². The summed E-state index contributed by atoms with van der Waals surface area (Å²) in [5.41, 5.74) is 0. The van der Waals surface area contributed by atoms with Crippen LogP contribution in [0.4, 0.5) is 0 Å². The Labute approximate surface area is 131 Å². The van der Waals surface area contributed by atoms with Crippen LogP contribution < -0.4 is 5.32 Å². The van der Waals surface area contributed by atoms with Crippen molar-refractivity contribution in [1.29, 1.82) is 0 Å². The van der Waals surface area contributed by atoms with Gasteiger partial charge in [-0.05, 0) is 31.6 Å². The van der Waals surface area contributed by atoms with Crippen LogP contribution in [-0.2, 0) is 15.6 Å². The average molecular weight is 314 g/mol. The van der Waals surface area contributed by atoms with Gasteiger partial charge < -0.3 is 4.90 Å². The number of hydrogen-bond donors (Lipinski definition) is 1. The summed E-state index contributed by atoms with van der Waals surface area (Å²) in [6.07, 6.45) is 7.83. The third kappa shape index (κ3) is 3.67. The molecule has 0 aromatic heterocycles. The van der Waals surface area contributed by atoms with E-state index in [9.17, 15) is 9.00 Å². The molecule has 1 aliphatic carbocycles. The van der Waals surface area contributed by atoms with E-state index in [-0.39, 0.29) is 24.2 Å². The summed E-state index contributed by atoms with van der Waals surface area (Å²) in [5.74, 6) is 1.71. The van der Waals surface area contributed by atoms with Gasteiger partial charge in [0, 0.05) is 28.9 Å². The van der Waals surface area contributed by atoms with Crippen LogP contribution >= 0.6 is 0 Å². The van der Waals surface area contributed by atoms with Crippen molar-refractivity contribution in [2.75, 3.05) is 12.0 Å². The number of nitrogens with zero attached hydrogens (tertiary/aromatic N) is 1. The Morgan fingerprint density at radius 3 is 2.48 bits per heavy atom. The van der Waals surface area contributed by atoms with E-state index in [1.54, 1.807) is 6.26 Å². The van der Waals surface area contributed by atoms with Crippen molar-refractivity contribution in [2.24, 2.45) is 11.8 Å². The Hall–Kier alpha value is -0.420. The lowest BCUT2D eigenvalue weighted by Crippen LogP contribution is -2.48. The molecule has 2 rings (SSSR count). The Kier molecular flexibility index (Phi) is 5.83. The van der Waals surface area contributed by atoms with E-state index in [1.165, 1.54) is 25.7 Å². The van der Waals surface area contributed by atoms with Crippen LogP contribution in [-0.4, -0.2) is 45.3 Å². The topological polar surface area (TPSA) is 49.4 Å². The molecule has 122 valence electrons. The van der Waals surface area contributed by atoms with Gasteiger partial charge >= 0.3 is 0 Å². The molecule has 1 saturated heterocycles. The fourth-order valence-electron chi connectivity index (χ4n) is 3.82. The molecule has 0 bridgehead atoms. The predicted molar refractivity (Wildman–Crippen MR) is 87.4 cm³/mol. The summed E-state index contributed by atoms with van der Waals surface area (Å²) in [7, 11) is -0.868. The lowest BCUT2D eigenvalue weighted by Gasteiger charge is -2.33. The number of carbonyl (C=O) groups is 1. The molecular formula is C16H30N2O2S. The largest absolute Gasteiger partial charge is 0.322 e. The van der Waals surface area contributed by atoms with Crippen molar-refractivity contribution in [3.05, 3.63) is 0 Å². The van der Waals surface area contributed by atoms with Crippen molar-refractivity contribution in [3.8, 4) is 0 Å². The molecule has 21 heavy (non-hydrogen) atoms. The molecule has 2 fully saturated rings. The molecule has 1 saturated carbocycles. The van der Waals surface area contributed by atoms with Gasteiger partial charge in [-0.15, -0.1) is 0 Å². The highest BCUT2D eigenvalue weighted by Gasteiger charge is 2.46. The van der Waals surface area contributed by atoms with E-state index >= 15 is 0 Å². The zero-order chi connectivity index (χ0) is 15.6. The molecule has 0 radical (unpaired) electrons. The second-order valence-corrected chi connectivity index (χ2v) is 8.33. The summed E-state index contributed by atoms with van der Waals surface area (Å²) >= 11 is 0. The highest BCUT2D eigenvalue weighted by Crippen LogP contribution is 2.34. The second kappa shape index (κ2) is 7.23. The minimum atomic E-state index is -0.868. The second-order valence-electron chi connectivity index (χ2n) is 6.85. The SMILES string of the molecule is CCC(C)C1NC(C2CCCC2)N(C(C)CS(C)=O)C1=O. The molecule has 2 aliphatic rings. The predicted octanol–water partition coefficient (Wildman–Crippen LogP) is 2.12. The molecule has 0 spiro atoms. The lowest BCUT2D eigenvalue weighted by atomic mass is 9.99. The third-order valence-electron chi connectivity index (χ3n) is 5.18. The fraction of sp³-hybridized carbons (Fsp3) is 0.938. The monoisotopic (exact) mass is 314 g/mol. The number of carbonyl (C=O) groups excluding carboxylic acids is 1. The van der Waals surface area contributed by atoms with Gasteiger partial charge in [-0.1, -0.05) is 33.1 Å². The summed E-state index contributed by atoms with van der Waals surface area (Å²) in [6.45, 7) is 6.33. The highest BCUT2D eigenvalue weighted by atomic mass is 32.2. The van der Waals surface area contributed by atoms with E-state index in [0.29, 0.717) is 17.6 Å². The van der Waals surface area contributed by atoms with Crippen molar-refractivity contribution < 1.29 is 9.00 Å². The maximum Gasteiger partial charge on any atom is 0.241 e. The average Bonchev–Trinajstić information content (AvgIpc) is 3.04. The number of amides is 1. The van der Waals surface area contributed by atoms with Crippen LogP contribution in [0.15, 0.2) is 0 Å². The molecule has 5 atom stereocenters. The Morgan fingerprint density at radius 1 is 1.33 bits per heavy atom. The quantitative estimate of drug-likeness (QED) is 0.817. The molecule has 5 heteroatoms. The van der Waals surface area contributed by atoms with Crippen LogP contribution in [0, 0.1) is 11.8 Å². The van der Waals surface area contributed by atoms with Crippen molar-refractivity contribution in [2.45, 2.75) is 71.1 Å². The van der Waals surface area contributed by atoms with E-state index < -0.39 is 10.8 Å². The smallest absolute Gasteiger partial charge is 0.241 e. The van der Waals surface area contributed by atoms with Crippen molar-refractivity contribution in [3.63, 3.8) is 0 Å². The molecule has 1 aliphatic heterocycles. The molecule has 5 unspecified atom stereocenters. The number of nitrogens with one attached hydrogen (secondary N) is 1. The Bertz CT molecular complexity index is 396. The van der Waals surface area contributed by atoms with Gasteiger partial charge in [-0.2, -0.15) is 0 Å². The standard InChI is InChI=1S/C16H30N2O2S/c1-5-11(2)14-16(19)18(12(3)10-21(4)20)15(17-14)13-8-6-7-9-13/h11-15,17H,5-10H2,1-4H3. The first-order valence-corrected chi connectivity index (χ1v) is 10.1. The Morgan fingerprint density at radius 2 is 1.95 bits per heavy atom. The van der Waals surface area contributed by atoms with Crippen LogP contribution in [0.5, 0.6) is 0 Å². The van der Waals surface area contributed by atoms with Gasteiger partial charge in [-0.3, -0.25) is 14.3 Å². The highest BCUT2D eigenvalue weighted by molar-refractivity contribution is 7.84. The fourth-order valence-corrected chi connectivity index (χ4v) is 4.66. The normalized spacial score (nSPS) is 31.6. The lowest BCUT2D eigenvalue weighted by molar-refractivity contribution is -0.133. The molecule has 0 aromatic carbocycles. The minimum Gasteiger partial charge on any atom is -0.322 e. The van der Waals surface area contributed by atoms with Crippen LogP contribution in [0.3, 0.4) is 0 Å². The first-order valence-electron chi connectivity index (χ1n) is 8.34. The van der Waals surface area contributed by atoms with Crippen LogP contribution in [0.25, 0.3) is 0 Å². The molecule has 1 heterocycles. The van der Waals surface area contributed by atoms with E-state index in [2.05, 4.69) is 19.2 Å². The molecular weight excluding hydrogens is 284 g/mol. The summed E-state index contributed by atoms with van der Waals surface area (Å²) in [5, 5.41) is 3.62. The van der Waals surface area contributed by atoms with Crippen molar-refractivity contribution in [1.82, 2.24) is 10.2 Å². The van der Waals surface area contributed by atoms with Gasteiger partial charge in [0.1, 0.15) is 0 Å². The zero-order valence-electron chi connectivity index (χ0n) is 13.8. The first kappa shape index (κ1) is 16.9. The van der Waals surface area contributed by atoms with E-state index in [1.807, 2.05) is 11.8 Å². The van der Waals surface area contributed by atoms with Gasteiger partial charge in [0.15, 0.2) is 0 Å². The van der Waals surface area contributed by atoms with E-state index in [0.717, 1.165) is 6.42 Å². The molecule has 1 amide bonds. The number of rotatable bonds is 6. The van der Waals surface area contributed by atoms with Gasteiger partial charge in [-0.25, -0.2) is 0 Å². The molecule has 0 aromatic rings. The maximum absolute atomic E-state index is 12.9. The van der Waals surface area contributed by atoms with Crippen molar-refractivity contribution >= 4 is 16.7 Å². The third-order valence-corrected chi connectivity index (χ3v) is 6.13. The number of hydrogen-bond acceptors (Lipinski definition) is 3. The van der Waals surface area contributed by atoms with Gasteiger partial charge in [0.2, 0.25) is 5.91 Å². The first-order chi connectivity index (χ1) is 9.95.